The molecule has 0 aliphatic carbocycles. The number of nitrogens with one attached hydrogen (secondary N) is 1. The van der Waals surface area contributed by atoms with Crippen molar-refractivity contribution in [2.75, 3.05) is 20.2 Å². The molecule has 0 bridgehead atoms. The number of halogens is 1. The number of amides is 1. The van der Waals surface area contributed by atoms with Gasteiger partial charge in [0.25, 0.3) is 0 Å². The highest BCUT2D eigenvalue weighted by atomic mass is 19.1. The lowest BCUT2D eigenvalue weighted by molar-refractivity contribution is -0.131. The van der Waals surface area contributed by atoms with Gasteiger partial charge in [0.1, 0.15) is 0 Å². The summed E-state index contributed by atoms with van der Waals surface area (Å²) in [7, 11) is 1.89. The third kappa shape index (κ3) is 4.75. The lowest BCUT2D eigenvalue weighted by atomic mass is 9.96. The molecule has 2 aromatic rings. The van der Waals surface area contributed by atoms with Crippen molar-refractivity contribution < 1.29 is 13.9 Å². The highest BCUT2D eigenvalue weighted by Crippen LogP contribution is 2.32. The minimum absolute atomic E-state index is 0.172. The molecule has 2 atom stereocenters. The van der Waals surface area contributed by atoms with Gasteiger partial charge in [0.15, 0.2) is 11.6 Å². The quantitative estimate of drug-likeness (QED) is 0.849. The second-order valence-corrected chi connectivity index (χ2v) is 7.91. The number of nitrogens with zero attached hydrogens (tertiary/aromatic N) is 2. The number of ether oxygens (including phenoxy) is 1. The van der Waals surface area contributed by atoms with Gasteiger partial charge < -0.3 is 15.0 Å². The number of hydrogen-bond acceptors (Lipinski definition) is 4. The van der Waals surface area contributed by atoms with E-state index in [1.165, 1.54) is 6.07 Å². The summed E-state index contributed by atoms with van der Waals surface area (Å²) in [5.74, 6) is 0.257. The molecule has 6 heteroatoms. The Hall–Kier alpha value is -2.47. The molecule has 1 N–H and O–H groups in total. The molecule has 5 nitrogen and oxygen atoms in total. The van der Waals surface area contributed by atoms with Crippen LogP contribution in [0.2, 0.25) is 0 Å². The van der Waals surface area contributed by atoms with E-state index >= 15 is 0 Å². The summed E-state index contributed by atoms with van der Waals surface area (Å²) in [6.07, 6.45) is 4.90. The summed E-state index contributed by atoms with van der Waals surface area (Å²) in [4.78, 5) is 17.7. The van der Waals surface area contributed by atoms with Crippen LogP contribution in [0.25, 0.3) is 11.1 Å². The van der Waals surface area contributed by atoms with E-state index < -0.39 is 0 Å². The Morgan fingerprint density at radius 2 is 2.03 bits per heavy atom. The Morgan fingerprint density at radius 3 is 2.62 bits per heavy atom. The van der Waals surface area contributed by atoms with Crippen molar-refractivity contribution in [2.24, 2.45) is 0 Å². The van der Waals surface area contributed by atoms with Crippen LogP contribution >= 0.6 is 0 Å². The molecule has 29 heavy (non-hydrogen) atoms. The molecular weight excluding hydrogens is 369 g/mol. The number of carbonyl (C=O) groups excluding carboxylic acids is 1. The molecule has 0 radical (unpaired) electrons. The van der Waals surface area contributed by atoms with E-state index in [-0.39, 0.29) is 11.4 Å². The maximum absolute atomic E-state index is 13.4. The van der Waals surface area contributed by atoms with Gasteiger partial charge in [-0.25, -0.2) is 4.39 Å². The largest absolute Gasteiger partial charge is 0.491 e. The molecule has 2 aliphatic rings. The van der Waals surface area contributed by atoms with E-state index in [9.17, 15) is 9.18 Å². The first-order valence-electron chi connectivity index (χ1n) is 10.2. The predicted molar refractivity (Wildman–Crippen MR) is 112 cm³/mol. The number of hydrogen-bond donors (Lipinski definition) is 1. The van der Waals surface area contributed by atoms with E-state index in [0.29, 0.717) is 24.3 Å². The van der Waals surface area contributed by atoms with Crippen LogP contribution < -0.4 is 10.1 Å². The summed E-state index contributed by atoms with van der Waals surface area (Å²) in [6, 6.07) is 9.26. The summed E-state index contributed by atoms with van der Waals surface area (Å²) >= 11 is 0. The van der Waals surface area contributed by atoms with E-state index in [0.717, 1.165) is 42.6 Å². The number of pyridine rings is 1. The van der Waals surface area contributed by atoms with Crippen LogP contribution in [0, 0.1) is 12.7 Å². The fraction of sp³-hybridized carbons (Fsp3) is 0.478. The summed E-state index contributed by atoms with van der Waals surface area (Å²) in [5, 5.41) is 3.42. The molecule has 2 aliphatic heterocycles. The minimum Gasteiger partial charge on any atom is -0.491 e. The van der Waals surface area contributed by atoms with Crippen LogP contribution in [0.4, 0.5) is 4.39 Å². The zero-order valence-electron chi connectivity index (χ0n) is 17.7. The van der Waals surface area contributed by atoms with E-state index in [1.807, 2.05) is 37.9 Å². The summed E-state index contributed by atoms with van der Waals surface area (Å²) < 4.78 is 18.7. The maximum atomic E-state index is 13.4. The fourth-order valence-corrected chi connectivity index (χ4v) is 4.05. The molecule has 2 fully saturated rings. The average Bonchev–Trinajstić information content (AvgIpc) is 3.22. The van der Waals surface area contributed by atoms with Crippen molar-refractivity contribution in [3.05, 3.63) is 48.0 Å². The van der Waals surface area contributed by atoms with E-state index in [2.05, 4.69) is 17.2 Å². The van der Waals surface area contributed by atoms with Gasteiger partial charge in [0.2, 0.25) is 5.91 Å². The highest BCUT2D eigenvalue weighted by Gasteiger charge is 2.48. The van der Waals surface area contributed by atoms with E-state index in [1.54, 1.807) is 18.3 Å². The van der Waals surface area contributed by atoms with Gasteiger partial charge in [-0.15, -0.1) is 0 Å². The number of aromatic nitrogens is 1. The Morgan fingerprint density at radius 1 is 1.28 bits per heavy atom. The molecule has 0 unspecified atom stereocenters. The molecule has 1 aromatic heterocycles. The summed E-state index contributed by atoms with van der Waals surface area (Å²) in [5.41, 5.74) is 2.71. The first-order chi connectivity index (χ1) is 13.8. The number of likely N-dealkylation sites (tertiary alicyclic amines) is 1. The zero-order chi connectivity index (χ0) is 21.0. The van der Waals surface area contributed by atoms with Crippen LogP contribution in [0.15, 0.2) is 36.5 Å². The molecule has 2 saturated heterocycles. The highest BCUT2D eigenvalue weighted by molar-refractivity contribution is 5.88. The first kappa shape index (κ1) is 21.2. The number of benzene rings is 1. The standard InChI is InChI=1S/C14H14FNO.C9H16N2O/c1-3-17-14-9-11(4-5-13(14)15)12-6-7-16-10(2)8-12;1-7-3-4-9(10-7)5-6-11(2)8(9)12/h4-9H,3H2,1-2H3;7,10H,3-6H2,1-2H3/t;7-,9-/m.1/s1. The van der Waals surface area contributed by atoms with Gasteiger partial charge in [0, 0.05) is 31.5 Å². The second kappa shape index (κ2) is 8.91. The molecular formula is C23H30FN3O2. The maximum Gasteiger partial charge on any atom is 0.242 e. The van der Waals surface area contributed by atoms with Crippen LogP contribution in [0.3, 0.4) is 0 Å². The Kier molecular flexibility index (Phi) is 6.52. The van der Waals surface area contributed by atoms with Crippen molar-refractivity contribution in [3.63, 3.8) is 0 Å². The topological polar surface area (TPSA) is 54.5 Å². The number of likely N-dealkylation sites (N-methyl/N-ethyl adjacent to an activating group) is 1. The SMILES string of the molecule is CCOc1cc(-c2ccnc(C)c2)ccc1F.C[C@@H]1CC[C@]2(CCN(C)C2=O)N1. The lowest BCUT2D eigenvalue weighted by Gasteiger charge is -2.22. The average molecular weight is 400 g/mol. The molecule has 1 amide bonds. The minimum atomic E-state index is -0.332. The van der Waals surface area contributed by atoms with Crippen LogP contribution in [0.1, 0.15) is 38.8 Å². The van der Waals surface area contributed by atoms with Gasteiger partial charge in [-0.3, -0.25) is 9.78 Å². The zero-order valence-corrected chi connectivity index (χ0v) is 17.7. The summed E-state index contributed by atoms with van der Waals surface area (Å²) in [6.45, 7) is 7.29. The van der Waals surface area contributed by atoms with Crippen molar-refractivity contribution in [1.82, 2.24) is 15.2 Å². The smallest absolute Gasteiger partial charge is 0.242 e. The molecule has 1 spiro atoms. The fourth-order valence-electron chi connectivity index (χ4n) is 4.05. The van der Waals surface area contributed by atoms with Gasteiger partial charge in [-0.1, -0.05) is 6.07 Å². The molecule has 156 valence electrons. The van der Waals surface area contributed by atoms with Gasteiger partial charge in [0.05, 0.1) is 12.1 Å². The second-order valence-electron chi connectivity index (χ2n) is 7.91. The van der Waals surface area contributed by atoms with Crippen molar-refractivity contribution in [2.45, 2.75) is 51.6 Å². The monoisotopic (exact) mass is 399 g/mol. The third-order valence-corrected chi connectivity index (χ3v) is 5.62. The molecule has 1 aromatic carbocycles. The van der Waals surface area contributed by atoms with Gasteiger partial charge >= 0.3 is 0 Å². The molecule has 3 heterocycles. The predicted octanol–water partition coefficient (Wildman–Crippen LogP) is 3.95. The molecule has 4 rings (SSSR count). The van der Waals surface area contributed by atoms with Crippen LogP contribution in [0.5, 0.6) is 5.75 Å². The lowest BCUT2D eigenvalue weighted by Crippen LogP contribution is -2.48. The van der Waals surface area contributed by atoms with Crippen LogP contribution in [-0.4, -0.2) is 47.6 Å². The first-order valence-corrected chi connectivity index (χ1v) is 10.2. The normalized spacial score (nSPS) is 23.3. The Balaban J connectivity index is 0.000000176. The van der Waals surface area contributed by atoms with Gasteiger partial charge in [-0.2, -0.15) is 0 Å². The van der Waals surface area contributed by atoms with E-state index in [4.69, 9.17) is 4.74 Å². The van der Waals surface area contributed by atoms with Crippen molar-refractivity contribution >= 4 is 5.91 Å². The van der Waals surface area contributed by atoms with Crippen LogP contribution in [-0.2, 0) is 4.79 Å². The number of rotatable bonds is 3. The van der Waals surface area contributed by atoms with Crippen molar-refractivity contribution in [3.8, 4) is 16.9 Å². The molecule has 0 saturated carbocycles. The number of aryl methyl sites for hydroxylation is 1. The van der Waals surface area contributed by atoms with Crippen molar-refractivity contribution in [1.29, 1.82) is 0 Å². The van der Waals surface area contributed by atoms with Gasteiger partial charge in [-0.05, 0) is 75.4 Å². The Bertz CT molecular complexity index is 869. The number of carbonyl (C=O) groups is 1. The Labute approximate surface area is 172 Å². The third-order valence-electron chi connectivity index (χ3n) is 5.62.